The standard InChI is InChI=1S/C13H19N3O/c1-17-10-11-5-7-16(8-6-11)13-4-2-3-12(9-14)15-13/h2-5H,6-10,14H2,1H3. The highest BCUT2D eigenvalue weighted by molar-refractivity contribution is 5.42. The van der Waals surface area contributed by atoms with E-state index in [1.54, 1.807) is 7.11 Å². The van der Waals surface area contributed by atoms with Crippen molar-refractivity contribution in [2.24, 2.45) is 5.73 Å². The second-order valence-electron chi connectivity index (χ2n) is 4.18. The molecule has 0 amide bonds. The Balaban J connectivity index is 2.04. The first-order chi connectivity index (χ1) is 8.33. The van der Waals surface area contributed by atoms with Crippen molar-refractivity contribution in [2.75, 3.05) is 31.7 Å². The van der Waals surface area contributed by atoms with Crippen molar-refractivity contribution in [1.82, 2.24) is 4.98 Å². The summed E-state index contributed by atoms with van der Waals surface area (Å²) in [6.45, 7) is 3.13. The molecule has 0 fully saturated rings. The van der Waals surface area contributed by atoms with Gasteiger partial charge in [-0.25, -0.2) is 4.98 Å². The number of anilines is 1. The Kier molecular flexibility index (Phi) is 4.12. The molecule has 17 heavy (non-hydrogen) atoms. The molecule has 2 N–H and O–H groups in total. The molecule has 0 atom stereocenters. The van der Waals surface area contributed by atoms with Crippen LogP contribution in [0.1, 0.15) is 12.1 Å². The number of ether oxygens (including phenoxy) is 1. The van der Waals surface area contributed by atoms with Crippen LogP contribution in [0.4, 0.5) is 5.82 Å². The third-order valence-corrected chi connectivity index (χ3v) is 2.96. The predicted molar refractivity (Wildman–Crippen MR) is 68.9 cm³/mol. The summed E-state index contributed by atoms with van der Waals surface area (Å²) in [7, 11) is 1.74. The van der Waals surface area contributed by atoms with E-state index >= 15 is 0 Å². The van der Waals surface area contributed by atoms with Gasteiger partial charge in [0.05, 0.1) is 12.3 Å². The molecule has 92 valence electrons. The van der Waals surface area contributed by atoms with E-state index < -0.39 is 0 Å². The quantitative estimate of drug-likeness (QED) is 0.797. The second-order valence-corrected chi connectivity index (χ2v) is 4.18. The Morgan fingerprint density at radius 2 is 2.35 bits per heavy atom. The van der Waals surface area contributed by atoms with Crippen LogP contribution in [-0.4, -0.2) is 31.8 Å². The lowest BCUT2D eigenvalue weighted by molar-refractivity contribution is 0.222. The third-order valence-electron chi connectivity index (χ3n) is 2.96. The van der Waals surface area contributed by atoms with Crippen LogP contribution in [0, 0.1) is 0 Å². The van der Waals surface area contributed by atoms with Gasteiger partial charge in [0, 0.05) is 26.7 Å². The maximum absolute atomic E-state index is 5.60. The largest absolute Gasteiger partial charge is 0.380 e. The lowest BCUT2D eigenvalue weighted by Gasteiger charge is -2.27. The van der Waals surface area contributed by atoms with Crippen LogP contribution >= 0.6 is 0 Å². The number of nitrogens with two attached hydrogens (primary N) is 1. The van der Waals surface area contributed by atoms with E-state index in [0.29, 0.717) is 6.54 Å². The first-order valence-corrected chi connectivity index (χ1v) is 5.91. The lowest BCUT2D eigenvalue weighted by Crippen LogP contribution is -2.30. The van der Waals surface area contributed by atoms with E-state index in [1.165, 1.54) is 5.57 Å². The van der Waals surface area contributed by atoms with Gasteiger partial charge in [-0.15, -0.1) is 0 Å². The molecule has 0 aromatic carbocycles. The zero-order chi connectivity index (χ0) is 12.1. The maximum Gasteiger partial charge on any atom is 0.129 e. The molecule has 1 aromatic rings. The van der Waals surface area contributed by atoms with Crippen LogP contribution in [0.25, 0.3) is 0 Å². The number of methoxy groups -OCH3 is 1. The van der Waals surface area contributed by atoms with Crippen LogP contribution in [0.3, 0.4) is 0 Å². The summed E-state index contributed by atoms with van der Waals surface area (Å²) < 4.78 is 5.14. The first kappa shape index (κ1) is 12.1. The second kappa shape index (κ2) is 5.80. The molecule has 2 heterocycles. The topological polar surface area (TPSA) is 51.4 Å². The molecule has 1 aromatic heterocycles. The number of hydrogen-bond acceptors (Lipinski definition) is 4. The predicted octanol–water partition coefficient (Wildman–Crippen LogP) is 1.32. The smallest absolute Gasteiger partial charge is 0.129 e. The zero-order valence-corrected chi connectivity index (χ0v) is 10.2. The maximum atomic E-state index is 5.60. The van der Waals surface area contributed by atoms with Gasteiger partial charge in [-0.2, -0.15) is 0 Å². The summed E-state index contributed by atoms with van der Waals surface area (Å²) in [5, 5.41) is 0. The Morgan fingerprint density at radius 3 is 3.00 bits per heavy atom. The van der Waals surface area contributed by atoms with E-state index in [4.69, 9.17) is 10.5 Å². The number of nitrogens with zero attached hydrogens (tertiary/aromatic N) is 2. The van der Waals surface area contributed by atoms with Crippen molar-refractivity contribution in [2.45, 2.75) is 13.0 Å². The molecule has 0 spiro atoms. The molecule has 1 aliphatic heterocycles. The summed E-state index contributed by atoms with van der Waals surface area (Å²) in [6, 6.07) is 6.01. The van der Waals surface area contributed by atoms with Crippen molar-refractivity contribution < 1.29 is 4.74 Å². The van der Waals surface area contributed by atoms with Crippen molar-refractivity contribution in [3.63, 3.8) is 0 Å². The average Bonchev–Trinajstić information content (AvgIpc) is 2.40. The molecule has 0 saturated heterocycles. The molecular formula is C13H19N3O. The van der Waals surface area contributed by atoms with Gasteiger partial charge >= 0.3 is 0 Å². The highest BCUT2D eigenvalue weighted by atomic mass is 16.5. The van der Waals surface area contributed by atoms with Gasteiger partial charge in [0.2, 0.25) is 0 Å². The Hall–Kier alpha value is -1.39. The minimum atomic E-state index is 0.493. The Labute approximate surface area is 102 Å². The summed E-state index contributed by atoms with van der Waals surface area (Å²) in [5.41, 5.74) is 7.91. The van der Waals surface area contributed by atoms with Crippen molar-refractivity contribution in [3.8, 4) is 0 Å². The molecule has 4 nitrogen and oxygen atoms in total. The Morgan fingerprint density at radius 1 is 1.47 bits per heavy atom. The molecular weight excluding hydrogens is 214 g/mol. The average molecular weight is 233 g/mol. The highest BCUT2D eigenvalue weighted by Crippen LogP contribution is 2.17. The van der Waals surface area contributed by atoms with E-state index in [-0.39, 0.29) is 0 Å². The van der Waals surface area contributed by atoms with Gasteiger partial charge in [-0.3, -0.25) is 0 Å². The van der Waals surface area contributed by atoms with Gasteiger partial charge in [0.15, 0.2) is 0 Å². The minimum Gasteiger partial charge on any atom is -0.380 e. The summed E-state index contributed by atoms with van der Waals surface area (Å²) >= 11 is 0. The number of pyridine rings is 1. The fourth-order valence-electron chi connectivity index (χ4n) is 1.99. The van der Waals surface area contributed by atoms with Gasteiger partial charge in [0.1, 0.15) is 5.82 Å². The van der Waals surface area contributed by atoms with Crippen LogP contribution in [-0.2, 0) is 11.3 Å². The van der Waals surface area contributed by atoms with Gasteiger partial charge in [-0.1, -0.05) is 12.1 Å². The molecule has 2 rings (SSSR count). The normalized spacial score (nSPS) is 15.9. The van der Waals surface area contributed by atoms with Crippen LogP contribution in [0.5, 0.6) is 0 Å². The van der Waals surface area contributed by atoms with Crippen LogP contribution in [0.15, 0.2) is 29.8 Å². The molecule has 1 aliphatic rings. The summed E-state index contributed by atoms with van der Waals surface area (Å²) in [5.74, 6) is 1.01. The monoisotopic (exact) mass is 233 g/mol. The van der Waals surface area contributed by atoms with E-state index in [2.05, 4.69) is 16.0 Å². The van der Waals surface area contributed by atoms with E-state index in [9.17, 15) is 0 Å². The molecule has 0 saturated carbocycles. The SMILES string of the molecule is COCC1=CCN(c2cccc(CN)n2)CC1. The van der Waals surface area contributed by atoms with Crippen LogP contribution in [0.2, 0.25) is 0 Å². The van der Waals surface area contributed by atoms with Gasteiger partial charge in [-0.05, 0) is 24.1 Å². The Bertz CT molecular complexity index is 403. The minimum absolute atomic E-state index is 0.493. The van der Waals surface area contributed by atoms with E-state index in [0.717, 1.165) is 37.6 Å². The van der Waals surface area contributed by atoms with Crippen LogP contribution < -0.4 is 10.6 Å². The zero-order valence-electron chi connectivity index (χ0n) is 10.2. The van der Waals surface area contributed by atoms with Crippen molar-refractivity contribution in [3.05, 3.63) is 35.5 Å². The fraction of sp³-hybridized carbons (Fsp3) is 0.462. The molecule has 4 heteroatoms. The number of aromatic nitrogens is 1. The van der Waals surface area contributed by atoms with Gasteiger partial charge in [0.25, 0.3) is 0 Å². The van der Waals surface area contributed by atoms with Crippen molar-refractivity contribution in [1.29, 1.82) is 0 Å². The lowest BCUT2D eigenvalue weighted by atomic mass is 10.1. The summed E-state index contributed by atoms with van der Waals surface area (Å²) in [4.78, 5) is 6.79. The third kappa shape index (κ3) is 3.05. The summed E-state index contributed by atoms with van der Waals surface area (Å²) in [6.07, 6.45) is 3.27. The molecule has 0 bridgehead atoms. The molecule has 0 aliphatic carbocycles. The van der Waals surface area contributed by atoms with E-state index in [1.807, 2.05) is 18.2 Å². The fourth-order valence-corrected chi connectivity index (χ4v) is 1.99. The number of rotatable bonds is 4. The molecule has 0 radical (unpaired) electrons. The first-order valence-electron chi connectivity index (χ1n) is 5.91. The van der Waals surface area contributed by atoms with Crippen molar-refractivity contribution >= 4 is 5.82 Å². The molecule has 0 unspecified atom stereocenters. The van der Waals surface area contributed by atoms with Gasteiger partial charge < -0.3 is 15.4 Å². The number of hydrogen-bond donors (Lipinski definition) is 1. The highest BCUT2D eigenvalue weighted by Gasteiger charge is 2.13.